The molecular weight excluding hydrogens is 224 g/mol. The van der Waals surface area contributed by atoms with Crippen LogP contribution in [0.3, 0.4) is 0 Å². The van der Waals surface area contributed by atoms with Crippen LogP contribution in [-0.2, 0) is 18.9 Å². The van der Waals surface area contributed by atoms with Crippen LogP contribution in [0.2, 0.25) is 0 Å². The number of ether oxygens (including phenoxy) is 4. The summed E-state index contributed by atoms with van der Waals surface area (Å²) in [4.78, 5) is 0. The van der Waals surface area contributed by atoms with E-state index in [1.54, 1.807) is 0 Å². The van der Waals surface area contributed by atoms with Crippen molar-refractivity contribution in [3.63, 3.8) is 0 Å². The Labute approximate surface area is 91.7 Å². The molecule has 0 bridgehead atoms. The van der Waals surface area contributed by atoms with Crippen molar-refractivity contribution in [2.24, 2.45) is 0 Å². The molecule has 2 aliphatic heterocycles. The Morgan fingerprint density at radius 3 is 2.67 bits per heavy atom. The maximum atomic E-state index is 9.77. The maximum Gasteiger partial charge on any atom is 0.353 e. The van der Waals surface area contributed by atoms with Crippen LogP contribution in [0.1, 0.15) is 0 Å². The molecule has 0 saturated carbocycles. The van der Waals surface area contributed by atoms with Gasteiger partial charge in [0.15, 0.2) is 18.5 Å². The van der Waals surface area contributed by atoms with E-state index in [0.717, 1.165) is 0 Å². The molecule has 2 N–H and O–H groups in total. The van der Waals surface area contributed by atoms with Gasteiger partial charge in [-0.05, 0) is 0 Å². The van der Waals surface area contributed by atoms with E-state index in [4.69, 9.17) is 36.3 Å². The molecule has 86 valence electrons. The van der Waals surface area contributed by atoms with Crippen LogP contribution in [0.15, 0.2) is 0 Å². The highest BCUT2D eigenvalue weighted by Crippen LogP contribution is 2.30. The van der Waals surface area contributed by atoms with Gasteiger partial charge < -0.3 is 29.2 Å². The first-order valence-electron chi connectivity index (χ1n) is 4.52. The minimum atomic E-state index is -0.983. The van der Waals surface area contributed by atoms with Crippen molar-refractivity contribution in [2.45, 2.75) is 30.7 Å². The number of methoxy groups -OCH3 is 1. The van der Waals surface area contributed by atoms with Gasteiger partial charge in [0, 0.05) is 19.3 Å². The van der Waals surface area contributed by atoms with Crippen molar-refractivity contribution >= 4 is 17.5 Å². The lowest BCUT2D eigenvalue weighted by molar-refractivity contribution is -0.274. The van der Waals surface area contributed by atoms with Gasteiger partial charge in [-0.25, -0.2) is 0 Å². The lowest BCUT2D eigenvalue weighted by atomic mass is 9.99. The Balaban J connectivity index is 2.16. The Hall–Kier alpha value is -0.470. The molecule has 2 saturated heterocycles. The monoisotopic (exact) mass is 236 g/mol. The first-order chi connectivity index (χ1) is 7.17. The molecule has 2 aliphatic rings. The van der Waals surface area contributed by atoms with Crippen molar-refractivity contribution < 1.29 is 29.2 Å². The summed E-state index contributed by atoms with van der Waals surface area (Å²) in [7, 11) is 1.40. The smallest absolute Gasteiger partial charge is 0.353 e. The van der Waals surface area contributed by atoms with Crippen LogP contribution in [0.25, 0.3) is 0 Å². The highest BCUT2D eigenvalue weighted by Gasteiger charge is 2.52. The maximum absolute atomic E-state index is 9.77. The summed E-state index contributed by atoms with van der Waals surface area (Å²) in [5.74, 6) is 0. The summed E-state index contributed by atoms with van der Waals surface area (Å²) in [6.07, 6.45) is -3.66. The summed E-state index contributed by atoms with van der Waals surface area (Å²) in [6, 6.07) is 0. The Morgan fingerprint density at radius 1 is 1.40 bits per heavy atom. The lowest BCUT2D eigenvalue weighted by Crippen LogP contribution is -2.57. The van der Waals surface area contributed by atoms with Gasteiger partial charge in [0.25, 0.3) is 0 Å². The van der Waals surface area contributed by atoms with Crippen LogP contribution in [0.4, 0.5) is 0 Å². The van der Waals surface area contributed by atoms with Gasteiger partial charge >= 0.3 is 5.24 Å². The predicted molar refractivity (Wildman–Crippen MR) is 51.1 cm³/mol. The van der Waals surface area contributed by atoms with Crippen molar-refractivity contribution in [3.8, 4) is 0 Å². The molecule has 0 aromatic heterocycles. The molecule has 0 unspecified atom stereocenters. The Kier molecular flexibility index (Phi) is 3.08. The van der Waals surface area contributed by atoms with Crippen LogP contribution < -0.4 is 0 Å². The fraction of sp³-hybridized carbons (Fsp3) is 0.875. The van der Waals surface area contributed by atoms with Crippen LogP contribution in [0, 0.1) is 0 Å². The normalized spacial score (nSPS) is 44.5. The molecule has 0 amide bonds. The fourth-order valence-corrected chi connectivity index (χ4v) is 1.98. The zero-order valence-electron chi connectivity index (χ0n) is 8.03. The number of rotatable bonds is 2. The summed E-state index contributed by atoms with van der Waals surface area (Å²) in [5.41, 5.74) is 0. The Bertz CT molecular complexity index is 260. The molecule has 5 atom stereocenters. The summed E-state index contributed by atoms with van der Waals surface area (Å²) in [5, 5.41) is 18.8. The average molecular weight is 236 g/mol. The molecule has 2 fully saturated rings. The van der Waals surface area contributed by atoms with Gasteiger partial charge in [-0.3, -0.25) is 0 Å². The molecular formula is C8H12O6S. The van der Waals surface area contributed by atoms with Crippen LogP contribution in [-0.4, -0.2) is 59.9 Å². The summed E-state index contributed by atoms with van der Waals surface area (Å²) < 4.78 is 20.5. The highest BCUT2D eigenvalue weighted by molar-refractivity contribution is 7.79. The first kappa shape index (κ1) is 11.0. The summed E-state index contributed by atoms with van der Waals surface area (Å²) >= 11 is 4.73. The topological polar surface area (TPSA) is 77.4 Å². The molecule has 0 aliphatic carbocycles. The molecule has 0 aromatic rings. The Morgan fingerprint density at radius 2 is 2.07 bits per heavy atom. The third kappa shape index (κ3) is 1.81. The van der Waals surface area contributed by atoms with Crippen molar-refractivity contribution in [2.75, 3.05) is 13.7 Å². The first-order valence-corrected chi connectivity index (χ1v) is 4.92. The van der Waals surface area contributed by atoms with Gasteiger partial charge in [0.1, 0.15) is 12.2 Å². The quantitative estimate of drug-likeness (QED) is 0.582. The molecule has 2 heterocycles. The minimum absolute atomic E-state index is 0.0390. The van der Waals surface area contributed by atoms with Gasteiger partial charge in [0.05, 0.1) is 6.61 Å². The zero-order chi connectivity index (χ0) is 11.0. The van der Waals surface area contributed by atoms with Crippen LogP contribution in [0.5, 0.6) is 0 Å². The number of fused-ring (bicyclic) bond motifs is 1. The second-order valence-electron chi connectivity index (χ2n) is 3.37. The lowest BCUT2D eigenvalue weighted by Gasteiger charge is -2.37. The molecule has 6 nitrogen and oxygen atoms in total. The van der Waals surface area contributed by atoms with Gasteiger partial charge in [0.2, 0.25) is 0 Å². The van der Waals surface area contributed by atoms with E-state index in [-0.39, 0.29) is 11.8 Å². The third-order valence-corrected chi connectivity index (χ3v) is 2.68. The summed E-state index contributed by atoms with van der Waals surface area (Å²) in [6.45, 7) is -0.250. The second kappa shape index (κ2) is 4.18. The van der Waals surface area contributed by atoms with Gasteiger partial charge in [-0.1, -0.05) is 0 Å². The second-order valence-corrected chi connectivity index (χ2v) is 3.70. The molecule has 0 radical (unpaired) electrons. The van der Waals surface area contributed by atoms with Crippen molar-refractivity contribution in [1.29, 1.82) is 0 Å². The molecule has 0 aromatic carbocycles. The average Bonchev–Trinajstić information content (AvgIpc) is 2.61. The van der Waals surface area contributed by atoms with Crippen LogP contribution >= 0.6 is 12.2 Å². The van der Waals surface area contributed by atoms with Gasteiger partial charge in [-0.15, -0.1) is 0 Å². The SMILES string of the molecule is CO[C@H]1O[C@H](CO)[C@@H]2OC(=S)O[C@@H]2[C@H]1O. The van der Waals surface area contributed by atoms with E-state index in [0.29, 0.717) is 0 Å². The minimum Gasteiger partial charge on any atom is -0.447 e. The van der Waals surface area contributed by atoms with Gasteiger partial charge in [-0.2, -0.15) is 0 Å². The molecule has 15 heavy (non-hydrogen) atoms. The van der Waals surface area contributed by atoms with Crippen molar-refractivity contribution in [3.05, 3.63) is 0 Å². The molecule has 0 spiro atoms. The number of aliphatic hydroxyl groups is 2. The number of hydrogen-bond donors (Lipinski definition) is 2. The van der Waals surface area contributed by atoms with E-state index < -0.39 is 30.7 Å². The number of aliphatic hydroxyl groups excluding tert-OH is 2. The fourth-order valence-electron chi connectivity index (χ4n) is 1.76. The van der Waals surface area contributed by atoms with E-state index in [1.165, 1.54) is 7.11 Å². The van der Waals surface area contributed by atoms with Crippen molar-refractivity contribution in [1.82, 2.24) is 0 Å². The van der Waals surface area contributed by atoms with E-state index in [9.17, 15) is 5.11 Å². The highest BCUT2D eigenvalue weighted by atomic mass is 32.1. The predicted octanol–water partition coefficient (Wildman–Crippen LogP) is -1.22. The van der Waals surface area contributed by atoms with E-state index in [1.807, 2.05) is 0 Å². The standard InChI is InChI=1S/C8H12O6S/c1-11-7-4(10)6-5(3(2-9)12-7)13-8(15)14-6/h3-7,9-10H,2H2,1H3/t3-,4-,5+,6-,7+/m1/s1. The number of thiocarbonyl (C=S) groups is 1. The zero-order valence-corrected chi connectivity index (χ0v) is 8.85. The molecule has 2 rings (SSSR count). The van der Waals surface area contributed by atoms with E-state index in [2.05, 4.69) is 0 Å². The largest absolute Gasteiger partial charge is 0.447 e. The third-order valence-electron chi connectivity index (χ3n) is 2.49. The number of hydrogen-bond acceptors (Lipinski definition) is 7. The van der Waals surface area contributed by atoms with E-state index >= 15 is 0 Å². The molecule has 7 heteroatoms.